The van der Waals surface area contributed by atoms with Crippen LogP contribution in [0.25, 0.3) is 0 Å². The second kappa shape index (κ2) is 8.55. The molecule has 0 bridgehead atoms. The van der Waals surface area contributed by atoms with Crippen molar-refractivity contribution >= 4 is 52.1 Å². The number of hydrogen-bond donors (Lipinski definition) is 3. The number of halogens is 2. The van der Waals surface area contributed by atoms with Crippen molar-refractivity contribution in [2.75, 3.05) is 10.6 Å². The Bertz CT molecular complexity index is 812. The first-order valence-electron chi connectivity index (χ1n) is 7.36. The summed E-state index contributed by atoms with van der Waals surface area (Å²) in [7, 11) is 0. The van der Waals surface area contributed by atoms with Crippen molar-refractivity contribution in [3.8, 4) is 0 Å². The van der Waals surface area contributed by atoms with Crippen LogP contribution in [0.4, 0.5) is 15.8 Å². The molecule has 5 nitrogen and oxygen atoms in total. The number of nitrogens with one attached hydrogen (secondary N) is 3. The van der Waals surface area contributed by atoms with E-state index in [4.69, 9.17) is 23.8 Å². The van der Waals surface area contributed by atoms with Crippen LogP contribution in [-0.4, -0.2) is 16.9 Å². The third kappa shape index (κ3) is 5.51. The van der Waals surface area contributed by atoms with Crippen LogP contribution in [0.5, 0.6) is 0 Å². The molecule has 25 heavy (non-hydrogen) atoms. The van der Waals surface area contributed by atoms with Crippen molar-refractivity contribution in [1.82, 2.24) is 5.32 Å². The van der Waals surface area contributed by atoms with Crippen molar-refractivity contribution in [3.05, 3.63) is 58.9 Å². The van der Waals surface area contributed by atoms with E-state index in [1.165, 1.54) is 24.3 Å². The van der Waals surface area contributed by atoms with Crippen LogP contribution in [0.1, 0.15) is 23.7 Å². The van der Waals surface area contributed by atoms with Crippen LogP contribution < -0.4 is 16.0 Å². The lowest BCUT2D eigenvalue weighted by Crippen LogP contribution is -2.34. The zero-order valence-corrected chi connectivity index (χ0v) is 14.8. The lowest BCUT2D eigenvalue weighted by atomic mass is 10.2. The Labute approximate surface area is 154 Å². The number of hydrogen-bond acceptors (Lipinski definition) is 3. The predicted octanol–water partition coefficient (Wildman–Crippen LogP) is 3.95. The first-order chi connectivity index (χ1) is 11.9. The van der Waals surface area contributed by atoms with Crippen molar-refractivity contribution in [1.29, 1.82) is 0 Å². The molecule has 8 heteroatoms. The van der Waals surface area contributed by atoms with Crippen molar-refractivity contribution < 1.29 is 14.0 Å². The van der Waals surface area contributed by atoms with Gasteiger partial charge in [0.15, 0.2) is 5.11 Å². The Balaban J connectivity index is 2.04. The Kier molecular flexibility index (Phi) is 6.44. The summed E-state index contributed by atoms with van der Waals surface area (Å²) in [6.07, 6.45) is 0.345. The van der Waals surface area contributed by atoms with Gasteiger partial charge in [0.2, 0.25) is 5.91 Å². The fourth-order valence-electron chi connectivity index (χ4n) is 1.88. The average molecular weight is 380 g/mol. The van der Waals surface area contributed by atoms with E-state index in [1.54, 1.807) is 25.1 Å². The van der Waals surface area contributed by atoms with Gasteiger partial charge in [-0.1, -0.05) is 18.5 Å². The molecule has 0 atom stereocenters. The van der Waals surface area contributed by atoms with E-state index in [-0.39, 0.29) is 16.6 Å². The van der Waals surface area contributed by atoms with Crippen molar-refractivity contribution in [3.63, 3.8) is 0 Å². The molecule has 2 amide bonds. The van der Waals surface area contributed by atoms with E-state index in [1.807, 2.05) is 0 Å². The third-order valence-corrected chi connectivity index (χ3v) is 3.69. The van der Waals surface area contributed by atoms with Crippen LogP contribution >= 0.6 is 23.8 Å². The smallest absolute Gasteiger partial charge is 0.257 e. The molecule has 2 aromatic rings. The van der Waals surface area contributed by atoms with Crippen molar-refractivity contribution in [2.45, 2.75) is 13.3 Å². The molecule has 0 aromatic heterocycles. The molecule has 0 radical (unpaired) electrons. The quantitative estimate of drug-likeness (QED) is 0.703. The van der Waals surface area contributed by atoms with Gasteiger partial charge in [-0.25, -0.2) is 4.39 Å². The molecule has 0 aliphatic heterocycles. The van der Waals surface area contributed by atoms with E-state index in [9.17, 15) is 14.0 Å². The average Bonchev–Trinajstić information content (AvgIpc) is 2.58. The summed E-state index contributed by atoms with van der Waals surface area (Å²) >= 11 is 11.2. The van der Waals surface area contributed by atoms with Gasteiger partial charge in [0.05, 0.1) is 10.7 Å². The largest absolute Gasteiger partial charge is 0.331 e. The summed E-state index contributed by atoms with van der Waals surface area (Å²) in [6.45, 7) is 1.74. The summed E-state index contributed by atoms with van der Waals surface area (Å²) in [4.78, 5) is 23.5. The number of amides is 2. The fourth-order valence-corrected chi connectivity index (χ4v) is 2.25. The van der Waals surface area contributed by atoms with Gasteiger partial charge in [0.1, 0.15) is 5.82 Å². The summed E-state index contributed by atoms with van der Waals surface area (Å²) in [5.41, 5.74) is 1.24. The standard InChI is InChI=1S/C17H15ClFN3O2S/c1-2-15(23)20-12-7-8-13(18)14(9-12)21-17(25)22-16(24)10-3-5-11(19)6-4-10/h3-9H,2H2,1H3,(H,20,23)(H2,21,22,24,25). The number of anilines is 2. The van der Waals surface area contributed by atoms with E-state index in [2.05, 4.69) is 16.0 Å². The van der Waals surface area contributed by atoms with Gasteiger partial charge >= 0.3 is 0 Å². The lowest BCUT2D eigenvalue weighted by molar-refractivity contribution is -0.115. The topological polar surface area (TPSA) is 70.2 Å². The highest BCUT2D eigenvalue weighted by molar-refractivity contribution is 7.80. The highest BCUT2D eigenvalue weighted by Gasteiger charge is 2.10. The van der Waals surface area contributed by atoms with Gasteiger partial charge in [-0.15, -0.1) is 0 Å². The SMILES string of the molecule is CCC(=O)Nc1ccc(Cl)c(NC(=S)NC(=O)c2ccc(F)cc2)c1. The molecule has 0 saturated heterocycles. The number of carbonyl (C=O) groups is 2. The van der Waals surface area contributed by atoms with Crippen LogP contribution in [-0.2, 0) is 4.79 Å². The van der Waals surface area contributed by atoms with Crippen LogP contribution in [0.2, 0.25) is 5.02 Å². The molecule has 0 aliphatic carbocycles. The second-order valence-corrected chi connectivity index (χ2v) is 5.83. The van der Waals surface area contributed by atoms with Crippen LogP contribution in [0.15, 0.2) is 42.5 Å². The number of thiocarbonyl (C=S) groups is 1. The highest BCUT2D eigenvalue weighted by Crippen LogP contribution is 2.25. The molecule has 130 valence electrons. The number of benzene rings is 2. The molecular formula is C17H15ClFN3O2S. The molecule has 0 saturated carbocycles. The maximum atomic E-state index is 12.9. The molecule has 0 aliphatic rings. The summed E-state index contributed by atoms with van der Waals surface area (Å²) in [5.74, 6) is -1.06. The van der Waals surface area contributed by atoms with Crippen molar-refractivity contribution in [2.24, 2.45) is 0 Å². The molecule has 0 heterocycles. The summed E-state index contributed by atoms with van der Waals surface area (Å²) in [5, 5.41) is 8.36. The molecular weight excluding hydrogens is 365 g/mol. The Morgan fingerprint density at radius 2 is 1.80 bits per heavy atom. The van der Waals surface area contributed by atoms with Gasteiger partial charge in [-0.05, 0) is 54.7 Å². The third-order valence-electron chi connectivity index (χ3n) is 3.15. The predicted molar refractivity (Wildman–Crippen MR) is 100 cm³/mol. The van der Waals surface area contributed by atoms with Gasteiger partial charge in [0, 0.05) is 17.7 Å². The highest BCUT2D eigenvalue weighted by atomic mass is 35.5. The minimum absolute atomic E-state index is 0.0233. The number of carbonyl (C=O) groups excluding carboxylic acids is 2. The van der Waals surface area contributed by atoms with E-state index in [0.29, 0.717) is 22.8 Å². The molecule has 2 aromatic carbocycles. The van der Waals surface area contributed by atoms with Crippen LogP contribution in [0, 0.1) is 5.82 Å². The first kappa shape index (κ1) is 18.8. The number of rotatable bonds is 4. The Morgan fingerprint density at radius 1 is 1.12 bits per heavy atom. The molecule has 0 spiro atoms. The maximum absolute atomic E-state index is 12.9. The normalized spacial score (nSPS) is 10.0. The molecule has 0 fully saturated rings. The van der Waals surface area contributed by atoms with Gasteiger partial charge in [-0.2, -0.15) is 0 Å². The summed E-state index contributed by atoms with van der Waals surface area (Å²) in [6, 6.07) is 9.92. The van der Waals surface area contributed by atoms with E-state index >= 15 is 0 Å². The zero-order valence-electron chi connectivity index (χ0n) is 13.2. The lowest BCUT2D eigenvalue weighted by Gasteiger charge is -2.13. The van der Waals surface area contributed by atoms with E-state index in [0.717, 1.165) is 0 Å². The van der Waals surface area contributed by atoms with Gasteiger partial charge in [-0.3, -0.25) is 14.9 Å². The Morgan fingerprint density at radius 3 is 2.44 bits per heavy atom. The maximum Gasteiger partial charge on any atom is 0.257 e. The minimum atomic E-state index is -0.482. The Hall–Kier alpha value is -2.51. The van der Waals surface area contributed by atoms with Crippen LogP contribution in [0.3, 0.4) is 0 Å². The second-order valence-electron chi connectivity index (χ2n) is 5.01. The van der Waals surface area contributed by atoms with Gasteiger partial charge < -0.3 is 10.6 Å². The zero-order chi connectivity index (χ0) is 18.4. The monoisotopic (exact) mass is 379 g/mol. The molecule has 2 rings (SSSR count). The van der Waals surface area contributed by atoms with Gasteiger partial charge in [0.25, 0.3) is 5.91 Å². The first-order valence-corrected chi connectivity index (χ1v) is 8.15. The molecule has 3 N–H and O–H groups in total. The minimum Gasteiger partial charge on any atom is -0.331 e. The fraction of sp³-hybridized carbons (Fsp3) is 0.118. The molecule has 0 unspecified atom stereocenters. The summed E-state index contributed by atoms with van der Waals surface area (Å²) < 4.78 is 12.9. The van der Waals surface area contributed by atoms with E-state index < -0.39 is 11.7 Å².